The molecule has 59 heavy (non-hydrogen) atoms. The number of carboxylic acid groups (broad SMARTS) is 1. The van der Waals surface area contributed by atoms with Crippen molar-refractivity contribution in [2.75, 3.05) is 68.8 Å². The van der Waals surface area contributed by atoms with Gasteiger partial charge in [-0.2, -0.15) is 0 Å². The number of rotatable bonds is 8. The molecule has 2 saturated heterocycles. The number of nitrogens with zero attached hydrogens (tertiary/aromatic N) is 7. The van der Waals surface area contributed by atoms with Crippen LogP contribution in [0.25, 0.3) is 44.1 Å². The maximum Gasteiger partial charge on any atom is 0.429 e. The van der Waals surface area contributed by atoms with Crippen LogP contribution in [-0.4, -0.2) is 119 Å². The molecule has 0 saturated carbocycles. The summed E-state index contributed by atoms with van der Waals surface area (Å²) in [6, 6.07) is 2.37. The lowest BCUT2D eigenvalue weighted by Gasteiger charge is -2.30. The molecule has 6 heterocycles. The molecule has 1 aromatic carbocycles. The number of benzene rings is 1. The molecular formula is C41H48F2N8O8. The first-order chi connectivity index (χ1) is 27.7. The van der Waals surface area contributed by atoms with Crippen molar-refractivity contribution < 1.29 is 42.5 Å². The Morgan fingerprint density at radius 3 is 2.36 bits per heavy atom. The van der Waals surface area contributed by atoms with Gasteiger partial charge in [-0.3, -0.25) is 9.69 Å². The number of anilines is 2. The zero-order chi connectivity index (χ0) is 42.9. The maximum atomic E-state index is 16.4. The minimum Gasteiger partial charge on any atom is -0.477 e. The standard InChI is InChI=1S/C41H48F2N8O8/c1-40(2,3)58-38(55)48(8)27-15-26(42)31(43)29-30-33(49-11-10-21-18-47(7)20-28(21)49)24(17-44-35(30)46-32(27)29)22-14-23-34(52)25(37(53)54)19-51(36(23)45-16-22)50(12-13-57-9)39(56)59-41(4,5)6/h14-17,19,21,28H,10-13,18,20H2,1-9H3,(H,44,46)(H,53,54)/t21-,28+/m0/s1. The number of pyridine rings is 3. The molecule has 2 fully saturated rings. The number of methoxy groups -OCH3 is 1. The van der Waals surface area contributed by atoms with Crippen molar-refractivity contribution in [1.82, 2.24) is 24.5 Å². The predicted octanol–water partition coefficient (Wildman–Crippen LogP) is 6.10. The number of halogens is 2. The molecule has 0 radical (unpaired) electrons. The molecule has 2 aliphatic heterocycles. The van der Waals surface area contributed by atoms with E-state index in [2.05, 4.69) is 24.8 Å². The Morgan fingerprint density at radius 1 is 1.00 bits per heavy atom. The van der Waals surface area contributed by atoms with Gasteiger partial charge in [0.15, 0.2) is 17.3 Å². The molecule has 16 nitrogen and oxygen atoms in total. The van der Waals surface area contributed by atoms with E-state index in [-0.39, 0.29) is 63.8 Å². The number of H-pyrrole nitrogens is 1. The number of carbonyl (C=O) groups is 3. The van der Waals surface area contributed by atoms with Crippen LogP contribution in [0.4, 0.5) is 29.7 Å². The van der Waals surface area contributed by atoms with E-state index < -0.39 is 52.0 Å². The number of likely N-dealkylation sites (tertiary alicyclic amines) is 1. The van der Waals surface area contributed by atoms with Gasteiger partial charge in [-0.05, 0) is 67.0 Å². The van der Waals surface area contributed by atoms with Crippen LogP contribution in [0.15, 0.2) is 35.5 Å². The third-order valence-corrected chi connectivity index (χ3v) is 10.5. The molecule has 2 atom stereocenters. The van der Waals surface area contributed by atoms with Crippen LogP contribution < -0.4 is 20.2 Å². The topological polar surface area (TPSA) is 176 Å². The summed E-state index contributed by atoms with van der Waals surface area (Å²) in [6.07, 6.45) is 3.21. The van der Waals surface area contributed by atoms with Crippen LogP contribution in [0.3, 0.4) is 0 Å². The second kappa shape index (κ2) is 15.1. The fourth-order valence-electron chi connectivity index (χ4n) is 8.04. The zero-order valence-electron chi connectivity index (χ0n) is 34.5. The first-order valence-corrected chi connectivity index (χ1v) is 19.2. The highest BCUT2D eigenvalue weighted by atomic mass is 19.2. The van der Waals surface area contributed by atoms with Gasteiger partial charge in [0.2, 0.25) is 5.43 Å². The number of nitrogens with one attached hydrogen (secondary N) is 1. The van der Waals surface area contributed by atoms with Crippen molar-refractivity contribution in [3.05, 3.63) is 58.1 Å². The summed E-state index contributed by atoms with van der Waals surface area (Å²) < 4.78 is 49.8. The van der Waals surface area contributed by atoms with Gasteiger partial charge in [0.25, 0.3) is 0 Å². The van der Waals surface area contributed by atoms with E-state index in [1.807, 2.05) is 7.05 Å². The molecule has 0 aliphatic carbocycles. The number of amides is 2. The average molecular weight is 819 g/mol. The quantitative estimate of drug-likeness (QED) is 0.184. The fraction of sp³-hybridized carbons (Fsp3) is 0.463. The third kappa shape index (κ3) is 7.62. The number of aromatic carboxylic acids is 1. The lowest BCUT2D eigenvalue weighted by atomic mass is 9.99. The Hall–Kier alpha value is -5.88. The zero-order valence-corrected chi connectivity index (χ0v) is 34.5. The van der Waals surface area contributed by atoms with E-state index in [0.717, 1.165) is 35.1 Å². The summed E-state index contributed by atoms with van der Waals surface area (Å²) in [6.45, 7) is 12.2. The normalized spacial score (nSPS) is 17.2. The van der Waals surface area contributed by atoms with Gasteiger partial charge in [0, 0.05) is 75.6 Å². The number of hydrogen-bond acceptors (Lipinski definition) is 11. The first kappa shape index (κ1) is 41.3. The minimum atomic E-state index is -1.53. The molecule has 314 valence electrons. The van der Waals surface area contributed by atoms with E-state index >= 15 is 8.78 Å². The minimum absolute atomic E-state index is 0.0238. The summed E-state index contributed by atoms with van der Waals surface area (Å²) in [5.74, 6) is -3.62. The van der Waals surface area contributed by atoms with Gasteiger partial charge in [-0.15, -0.1) is 0 Å². The van der Waals surface area contributed by atoms with Gasteiger partial charge in [-0.1, -0.05) is 0 Å². The van der Waals surface area contributed by atoms with Crippen molar-refractivity contribution in [1.29, 1.82) is 0 Å². The van der Waals surface area contributed by atoms with E-state index in [0.29, 0.717) is 29.9 Å². The molecule has 0 spiro atoms. The molecule has 0 bridgehead atoms. The predicted molar refractivity (Wildman–Crippen MR) is 218 cm³/mol. The number of likely N-dealkylation sites (N-methyl/N-ethyl adjacent to an activating group) is 1. The van der Waals surface area contributed by atoms with Gasteiger partial charge in [0.1, 0.15) is 22.4 Å². The number of hydrogen-bond donors (Lipinski definition) is 2. The van der Waals surface area contributed by atoms with Crippen molar-refractivity contribution in [2.45, 2.75) is 65.2 Å². The van der Waals surface area contributed by atoms with E-state index in [4.69, 9.17) is 14.2 Å². The maximum absolute atomic E-state index is 16.4. The Balaban J connectivity index is 1.50. The number of ether oxygens (including phenoxy) is 3. The molecule has 2 aliphatic rings. The van der Waals surface area contributed by atoms with Crippen molar-refractivity contribution in [3.63, 3.8) is 0 Å². The van der Waals surface area contributed by atoms with Gasteiger partial charge >= 0.3 is 18.2 Å². The Kier molecular flexibility index (Phi) is 10.5. The fourth-order valence-corrected chi connectivity index (χ4v) is 8.04. The Morgan fingerprint density at radius 2 is 1.69 bits per heavy atom. The SMILES string of the molecule is COCCN(C(=O)OC(C)(C)C)n1cc(C(=O)O)c(=O)c2cc(-c3cnc4[nH]c5c(N(C)C(=O)OC(C)(C)C)cc(F)c(F)c5c4c3N3CC[C@H]4CN(C)C[C@H]43)cnc21. The molecule has 2 N–H and O–H groups in total. The smallest absolute Gasteiger partial charge is 0.429 e. The molecule has 7 rings (SSSR count). The summed E-state index contributed by atoms with van der Waals surface area (Å²) in [5, 5.41) is 11.3. The Bertz CT molecular complexity index is 2580. The lowest BCUT2D eigenvalue weighted by Crippen LogP contribution is -2.46. The molecule has 2 amide bonds. The molecule has 4 aromatic heterocycles. The summed E-state index contributed by atoms with van der Waals surface area (Å²) >= 11 is 0. The van der Waals surface area contributed by atoms with Crippen LogP contribution in [0.1, 0.15) is 58.3 Å². The van der Waals surface area contributed by atoms with Crippen molar-refractivity contribution in [3.8, 4) is 11.1 Å². The Labute approximate surface area is 338 Å². The largest absolute Gasteiger partial charge is 0.477 e. The number of fused-ring (bicyclic) bond motifs is 5. The number of aromatic amines is 1. The highest BCUT2D eigenvalue weighted by molar-refractivity contribution is 6.19. The second-order valence-corrected chi connectivity index (χ2v) is 17.1. The second-order valence-electron chi connectivity index (χ2n) is 17.1. The number of carbonyl (C=O) groups excluding carboxylic acids is 2. The van der Waals surface area contributed by atoms with Gasteiger partial charge in [-0.25, -0.2) is 42.8 Å². The van der Waals surface area contributed by atoms with E-state index in [1.165, 1.54) is 31.1 Å². The van der Waals surface area contributed by atoms with Crippen LogP contribution in [0, 0.1) is 17.6 Å². The van der Waals surface area contributed by atoms with Gasteiger partial charge < -0.3 is 34.1 Å². The van der Waals surface area contributed by atoms with Crippen LogP contribution in [-0.2, 0) is 14.2 Å². The van der Waals surface area contributed by atoms with Crippen molar-refractivity contribution in [2.24, 2.45) is 5.92 Å². The third-order valence-electron chi connectivity index (χ3n) is 10.5. The first-order valence-electron chi connectivity index (χ1n) is 19.2. The summed E-state index contributed by atoms with van der Waals surface area (Å²) in [5.41, 5.74) is -1.76. The lowest BCUT2D eigenvalue weighted by molar-refractivity contribution is 0.0521. The molecule has 18 heteroatoms. The monoisotopic (exact) mass is 818 g/mol. The summed E-state index contributed by atoms with van der Waals surface area (Å²) in [4.78, 5) is 71.2. The average Bonchev–Trinajstić information content (AvgIpc) is 3.84. The number of aromatic nitrogens is 4. The highest BCUT2D eigenvalue weighted by Crippen LogP contribution is 2.47. The summed E-state index contributed by atoms with van der Waals surface area (Å²) in [7, 11) is 4.86. The van der Waals surface area contributed by atoms with Crippen molar-refractivity contribution >= 4 is 62.5 Å². The molecular weight excluding hydrogens is 770 g/mol. The van der Waals surface area contributed by atoms with Crippen LogP contribution in [0.5, 0.6) is 0 Å². The van der Waals surface area contributed by atoms with E-state index in [9.17, 15) is 24.3 Å². The molecule has 0 unspecified atom stereocenters. The highest BCUT2D eigenvalue weighted by Gasteiger charge is 2.42. The van der Waals surface area contributed by atoms with Crippen LogP contribution in [0.2, 0.25) is 0 Å². The molecule has 5 aromatic rings. The van der Waals surface area contributed by atoms with E-state index in [1.54, 1.807) is 47.7 Å². The van der Waals surface area contributed by atoms with Crippen LogP contribution >= 0.6 is 0 Å². The number of carboxylic acids is 1. The van der Waals surface area contributed by atoms with Gasteiger partial charge in [0.05, 0.1) is 46.2 Å².